The number of amides is 2. The van der Waals surface area contributed by atoms with E-state index < -0.39 is 15.9 Å². The minimum Gasteiger partial charge on any atom is -0.355 e. The molecule has 0 spiro atoms. The summed E-state index contributed by atoms with van der Waals surface area (Å²) in [5, 5.41) is 2.83. The average molecular weight is 419 g/mol. The fourth-order valence-corrected chi connectivity index (χ4v) is 5.38. The Hall–Kier alpha value is -2.32. The average Bonchev–Trinajstić information content (AvgIpc) is 2.89. The second kappa shape index (κ2) is 9.25. The Labute approximate surface area is 169 Å². The van der Waals surface area contributed by atoms with E-state index in [4.69, 9.17) is 0 Å². The van der Waals surface area contributed by atoms with Gasteiger partial charge in [0.2, 0.25) is 5.91 Å². The molecular weight excluding hydrogens is 396 g/mol. The van der Waals surface area contributed by atoms with Gasteiger partial charge in [0.15, 0.2) is 0 Å². The molecule has 8 heteroatoms. The molecule has 2 amide bonds. The normalized spacial score (nSPS) is 14.7. The van der Waals surface area contributed by atoms with Crippen molar-refractivity contribution in [2.45, 2.75) is 23.5 Å². The van der Waals surface area contributed by atoms with Crippen LogP contribution in [0.4, 0.5) is 0 Å². The summed E-state index contributed by atoms with van der Waals surface area (Å²) in [5.74, 6) is 1.04. The largest absolute Gasteiger partial charge is 0.355 e. The lowest BCUT2D eigenvalue weighted by Crippen LogP contribution is -2.32. The molecule has 3 rings (SSSR count). The summed E-state index contributed by atoms with van der Waals surface area (Å²) in [4.78, 5) is 24.3. The minimum absolute atomic E-state index is 0.00598. The predicted molar refractivity (Wildman–Crippen MR) is 110 cm³/mol. The second-order valence-electron chi connectivity index (χ2n) is 6.37. The van der Waals surface area contributed by atoms with Gasteiger partial charge in [0.05, 0.1) is 5.56 Å². The van der Waals surface area contributed by atoms with Gasteiger partial charge < -0.3 is 5.32 Å². The van der Waals surface area contributed by atoms with Gasteiger partial charge in [-0.25, -0.2) is 12.7 Å². The Balaban J connectivity index is 1.36. The smallest absolute Gasteiger partial charge is 0.269 e. The van der Waals surface area contributed by atoms with E-state index in [0.29, 0.717) is 13.0 Å². The van der Waals surface area contributed by atoms with E-state index in [1.165, 1.54) is 17.7 Å². The van der Waals surface area contributed by atoms with Crippen LogP contribution in [-0.2, 0) is 20.6 Å². The lowest BCUT2D eigenvalue weighted by molar-refractivity contribution is -0.121. The van der Waals surface area contributed by atoms with E-state index >= 15 is 0 Å². The van der Waals surface area contributed by atoms with Gasteiger partial charge in [-0.15, -0.1) is 0 Å². The molecule has 0 aliphatic carbocycles. The van der Waals surface area contributed by atoms with Crippen LogP contribution in [0.3, 0.4) is 0 Å². The number of carbonyl (C=O) groups is 2. The summed E-state index contributed by atoms with van der Waals surface area (Å²) in [6.45, 7) is 0.564. The number of fused-ring (bicyclic) bond motifs is 1. The first-order chi connectivity index (χ1) is 13.5. The highest BCUT2D eigenvalue weighted by atomic mass is 32.2. The molecule has 0 saturated heterocycles. The molecule has 1 aliphatic heterocycles. The molecule has 1 N–H and O–H groups in total. The fourth-order valence-electron chi connectivity index (χ4n) is 2.95. The van der Waals surface area contributed by atoms with Crippen LogP contribution in [0.2, 0.25) is 0 Å². The Morgan fingerprint density at radius 3 is 2.50 bits per heavy atom. The van der Waals surface area contributed by atoms with Crippen LogP contribution in [0.15, 0.2) is 59.5 Å². The van der Waals surface area contributed by atoms with Gasteiger partial charge in [0.1, 0.15) is 4.90 Å². The van der Waals surface area contributed by atoms with E-state index in [1.54, 1.807) is 23.9 Å². The Bertz CT molecular complexity index is 946. The van der Waals surface area contributed by atoms with Crippen LogP contribution < -0.4 is 5.32 Å². The molecule has 0 fully saturated rings. The number of hydrogen-bond donors (Lipinski definition) is 1. The number of benzene rings is 2. The summed E-state index contributed by atoms with van der Waals surface area (Å²) in [7, 11) is -3.80. The van der Waals surface area contributed by atoms with Gasteiger partial charge in [-0.3, -0.25) is 9.59 Å². The first-order valence-electron chi connectivity index (χ1n) is 9.04. The van der Waals surface area contributed by atoms with Crippen molar-refractivity contribution in [1.82, 2.24) is 9.62 Å². The first-order valence-corrected chi connectivity index (χ1v) is 11.6. The highest BCUT2D eigenvalue weighted by Gasteiger charge is 2.40. The van der Waals surface area contributed by atoms with E-state index in [0.717, 1.165) is 15.8 Å². The number of sulfonamides is 1. The number of nitrogens with zero attached hydrogens (tertiary/aromatic N) is 1. The summed E-state index contributed by atoms with van der Waals surface area (Å²) < 4.78 is 25.7. The van der Waals surface area contributed by atoms with Crippen molar-refractivity contribution in [2.24, 2.45) is 0 Å². The SMILES string of the molecule is O=C(CCCN1C(=O)c2ccccc2S1(=O)=O)NCCSCc1ccccc1. The van der Waals surface area contributed by atoms with E-state index in [-0.39, 0.29) is 29.3 Å². The molecule has 2 aromatic carbocycles. The molecule has 6 nitrogen and oxygen atoms in total. The van der Waals surface area contributed by atoms with Gasteiger partial charge in [-0.05, 0) is 24.1 Å². The molecule has 1 aliphatic rings. The minimum atomic E-state index is -3.80. The van der Waals surface area contributed by atoms with Crippen molar-refractivity contribution < 1.29 is 18.0 Å². The Morgan fingerprint density at radius 2 is 1.75 bits per heavy atom. The van der Waals surface area contributed by atoms with Crippen molar-refractivity contribution in [3.05, 3.63) is 65.7 Å². The predicted octanol–water partition coefficient (Wildman–Crippen LogP) is 2.66. The van der Waals surface area contributed by atoms with Gasteiger partial charge in [-0.2, -0.15) is 11.8 Å². The highest BCUT2D eigenvalue weighted by Crippen LogP contribution is 2.29. The first kappa shape index (κ1) is 20.4. The van der Waals surface area contributed by atoms with Gasteiger partial charge in [0, 0.05) is 31.0 Å². The molecule has 0 aromatic heterocycles. The molecule has 28 heavy (non-hydrogen) atoms. The van der Waals surface area contributed by atoms with Crippen LogP contribution in [0.1, 0.15) is 28.8 Å². The fraction of sp³-hybridized carbons (Fsp3) is 0.300. The lowest BCUT2D eigenvalue weighted by atomic mass is 10.2. The number of rotatable bonds is 9. The second-order valence-corrected chi connectivity index (χ2v) is 9.31. The molecule has 0 bridgehead atoms. The van der Waals surface area contributed by atoms with Crippen LogP contribution in [0.25, 0.3) is 0 Å². The quantitative estimate of drug-likeness (QED) is 0.633. The summed E-state index contributed by atoms with van der Waals surface area (Å²) >= 11 is 1.74. The molecule has 0 atom stereocenters. The summed E-state index contributed by atoms with van der Waals surface area (Å²) in [6, 6.07) is 16.3. The maximum absolute atomic E-state index is 12.4. The third-order valence-electron chi connectivity index (χ3n) is 4.36. The van der Waals surface area contributed by atoms with Crippen molar-refractivity contribution >= 4 is 33.6 Å². The van der Waals surface area contributed by atoms with Crippen molar-refractivity contribution in [3.63, 3.8) is 0 Å². The molecule has 0 saturated carbocycles. The maximum Gasteiger partial charge on any atom is 0.269 e. The van der Waals surface area contributed by atoms with E-state index in [2.05, 4.69) is 17.4 Å². The van der Waals surface area contributed by atoms with Gasteiger partial charge in [0.25, 0.3) is 15.9 Å². The zero-order valence-electron chi connectivity index (χ0n) is 15.3. The number of carbonyl (C=O) groups excluding carboxylic acids is 2. The number of nitrogens with one attached hydrogen (secondary N) is 1. The molecular formula is C20H22N2O4S2. The van der Waals surface area contributed by atoms with E-state index in [1.807, 2.05) is 18.2 Å². The molecule has 0 unspecified atom stereocenters. The molecule has 0 radical (unpaired) electrons. The van der Waals surface area contributed by atoms with Crippen LogP contribution >= 0.6 is 11.8 Å². The van der Waals surface area contributed by atoms with E-state index in [9.17, 15) is 18.0 Å². The van der Waals surface area contributed by atoms with Crippen molar-refractivity contribution in [3.8, 4) is 0 Å². The molecule has 2 aromatic rings. The molecule has 1 heterocycles. The molecule has 148 valence electrons. The van der Waals surface area contributed by atoms with Crippen molar-refractivity contribution in [1.29, 1.82) is 0 Å². The van der Waals surface area contributed by atoms with Crippen LogP contribution in [0, 0.1) is 0 Å². The number of hydrogen-bond acceptors (Lipinski definition) is 5. The van der Waals surface area contributed by atoms with Crippen LogP contribution in [0.5, 0.6) is 0 Å². The zero-order chi connectivity index (χ0) is 20.0. The highest BCUT2D eigenvalue weighted by molar-refractivity contribution is 7.98. The summed E-state index contributed by atoms with van der Waals surface area (Å²) in [5.41, 5.74) is 1.44. The van der Waals surface area contributed by atoms with Crippen molar-refractivity contribution in [2.75, 3.05) is 18.8 Å². The third kappa shape index (κ3) is 4.74. The lowest BCUT2D eigenvalue weighted by Gasteiger charge is -2.14. The standard InChI is InChI=1S/C20H22N2O4S2/c23-19(21-12-14-27-15-16-7-2-1-3-8-16)11-6-13-22-20(24)17-9-4-5-10-18(17)28(22,25)26/h1-5,7-10H,6,11-15H2,(H,21,23). The van der Waals surface area contributed by atoms with Gasteiger partial charge in [-0.1, -0.05) is 42.5 Å². The monoisotopic (exact) mass is 418 g/mol. The zero-order valence-corrected chi connectivity index (χ0v) is 17.0. The maximum atomic E-state index is 12.4. The Kier molecular flexibility index (Phi) is 6.74. The topological polar surface area (TPSA) is 83.6 Å². The number of thioether (sulfide) groups is 1. The van der Waals surface area contributed by atoms with Crippen LogP contribution in [-0.4, -0.2) is 43.4 Å². The third-order valence-corrected chi connectivity index (χ3v) is 7.23. The van der Waals surface area contributed by atoms with Gasteiger partial charge >= 0.3 is 0 Å². The Morgan fingerprint density at radius 1 is 1.04 bits per heavy atom. The summed E-state index contributed by atoms with van der Waals surface area (Å²) in [6.07, 6.45) is 0.473.